The first-order valence-corrected chi connectivity index (χ1v) is 11.5. The molecule has 0 bridgehead atoms. The zero-order valence-corrected chi connectivity index (χ0v) is 17.7. The molecule has 1 fully saturated rings. The smallest absolute Gasteiger partial charge is 0.186 e. The van der Waals surface area contributed by atoms with E-state index in [0.717, 1.165) is 71.9 Å². The molecule has 0 saturated carbocycles. The molecule has 0 unspecified atom stereocenters. The van der Waals surface area contributed by atoms with Gasteiger partial charge in [-0.1, -0.05) is 17.4 Å². The molecule has 5 nitrogen and oxygen atoms in total. The normalized spacial score (nSPS) is 18.4. The number of carbonyl (C=O) groups excluding carboxylic acids is 1. The van der Waals surface area contributed by atoms with E-state index in [9.17, 15) is 4.79 Å². The molecule has 2 heterocycles. The van der Waals surface area contributed by atoms with Crippen molar-refractivity contribution in [3.8, 4) is 6.07 Å². The molecule has 0 radical (unpaired) electrons. The van der Waals surface area contributed by atoms with Gasteiger partial charge in [0.2, 0.25) is 0 Å². The number of anilines is 1. The van der Waals surface area contributed by atoms with E-state index < -0.39 is 0 Å². The van der Waals surface area contributed by atoms with Crippen molar-refractivity contribution in [2.24, 2.45) is 0 Å². The predicted molar refractivity (Wildman–Crippen MR) is 120 cm³/mol. The van der Waals surface area contributed by atoms with Gasteiger partial charge in [0, 0.05) is 38.2 Å². The quantitative estimate of drug-likeness (QED) is 0.629. The van der Waals surface area contributed by atoms with Crippen LogP contribution in [-0.2, 0) is 6.42 Å². The van der Waals surface area contributed by atoms with Crippen molar-refractivity contribution in [1.29, 1.82) is 5.26 Å². The summed E-state index contributed by atoms with van der Waals surface area (Å²) in [6, 6.07) is 14.1. The van der Waals surface area contributed by atoms with E-state index in [4.69, 9.17) is 10.2 Å². The number of Topliss-reactive ketones (excluding diaryl/α,β-unsaturated/α-hetero) is 1. The number of aryl methyl sites for hydroxylation is 1. The summed E-state index contributed by atoms with van der Waals surface area (Å²) in [5.41, 5.74) is 5.08. The van der Waals surface area contributed by atoms with Gasteiger partial charge in [0.25, 0.3) is 0 Å². The Morgan fingerprint density at radius 3 is 2.93 bits per heavy atom. The highest BCUT2D eigenvalue weighted by Crippen LogP contribution is 2.37. The molecule has 0 spiro atoms. The third kappa shape index (κ3) is 3.71. The Morgan fingerprint density at radius 1 is 1.23 bits per heavy atom. The van der Waals surface area contributed by atoms with Crippen LogP contribution < -0.4 is 10.2 Å². The summed E-state index contributed by atoms with van der Waals surface area (Å²) in [6.07, 6.45) is 3.49. The van der Waals surface area contributed by atoms with Crippen LogP contribution in [0.4, 0.5) is 5.13 Å². The van der Waals surface area contributed by atoms with Gasteiger partial charge < -0.3 is 10.2 Å². The molecular formula is C24H24N4OS. The van der Waals surface area contributed by atoms with Crippen molar-refractivity contribution < 1.29 is 4.79 Å². The summed E-state index contributed by atoms with van der Waals surface area (Å²) in [7, 11) is 0. The van der Waals surface area contributed by atoms with E-state index in [1.807, 2.05) is 30.3 Å². The molecule has 2 aromatic carbocycles. The molecule has 2 aliphatic rings. The molecule has 3 aromatic rings. The maximum Gasteiger partial charge on any atom is 0.186 e. The van der Waals surface area contributed by atoms with Gasteiger partial charge >= 0.3 is 0 Å². The van der Waals surface area contributed by atoms with Crippen LogP contribution in [0.15, 0.2) is 36.4 Å². The molecule has 1 N–H and O–H groups in total. The standard InChI is InChI=1S/C24H24N4OS/c25-15-16-1-6-20-17(2-3-18(20)13-16)5-8-22(29)19-4-7-21-23(14-19)30-24(27-21)28-11-9-26-10-12-28/h1,4,6-7,13-14,17,26H,2-3,5,8-12H2/t17-/m0/s1. The molecule has 1 saturated heterocycles. The Morgan fingerprint density at radius 2 is 2.10 bits per heavy atom. The van der Waals surface area contributed by atoms with E-state index in [0.29, 0.717) is 12.3 Å². The molecule has 0 amide bonds. The summed E-state index contributed by atoms with van der Waals surface area (Å²) in [4.78, 5) is 20.0. The molecule has 1 aliphatic heterocycles. The van der Waals surface area contributed by atoms with Crippen molar-refractivity contribution in [2.45, 2.75) is 31.6 Å². The first kappa shape index (κ1) is 19.2. The molecule has 1 atom stereocenters. The van der Waals surface area contributed by atoms with Crippen molar-refractivity contribution in [1.82, 2.24) is 10.3 Å². The Hall–Kier alpha value is -2.75. The fraction of sp³-hybridized carbons (Fsp3) is 0.375. The van der Waals surface area contributed by atoms with E-state index >= 15 is 0 Å². The highest BCUT2D eigenvalue weighted by atomic mass is 32.1. The number of carbonyl (C=O) groups is 1. The van der Waals surface area contributed by atoms with Gasteiger partial charge in [-0.2, -0.15) is 5.26 Å². The van der Waals surface area contributed by atoms with Crippen LogP contribution in [0.25, 0.3) is 10.2 Å². The van der Waals surface area contributed by atoms with Crippen LogP contribution in [0.1, 0.15) is 52.2 Å². The average molecular weight is 417 g/mol. The van der Waals surface area contributed by atoms with Crippen LogP contribution in [0.5, 0.6) is 0 Å². The molecule has 5 rings (SSSR count). The van der Waals surface area contributed by atoms with Crippen molar-refractivity contribution in [2.75, 3.05) is 31.1 Å². The third-order valence-electron chi connectivity index (χ3n) is 6.28. The van der Waals surface area contributed by atoms with Crippen molar-refractivity contribution in [3.05, 3.63) is 58.7 Å². The molecular weight excluding hydrogens is 392 g/mol. The Labute approximate surface area is 180 Å². The number of hydrogen-bond acceptors (Lipinski definition) is 6. The first-order valence-electron chi connectivity index (χ1n) is 10.6. The number of rotatable bonds is 5. The number of nitrogens with zero attached hydrogens (tertiary/aromatic N) is 3. The highest BCUT2D eigenvalue weighted by molar-refractivity contribution is 7.22. The largest absolute Gasteiger partial charge is 0.346 e. The van der Waals surface area contributed by atoms with Crippen LogP contribution in [0.3, 0.4) is 0 Å². The number of nitrogens with one attached hydrogen (secondary N) is 1. The lowest BCUT2D eigenvalue weighted by Gasteiger charge is -2.26. The molecule has 6 heteroatoms. The van der Waals surface area contributed by atoms with Gasteiger partial charge in [0.05, 0.1) is 21.8 Å². The Kier molecular flexibility index (Phi) is 5.24. The summed E-state index contributed by atoms with van der Waals surface area (Å²) in [5.74, 6) is 0.624. The first-order chi connectivity index (χ1) is 14.7. The molecule has 30 heavy (non-hydrogen) atoms. The SMILES string of the molecule is N#Cc1ccc2c(c1)CC[C@H]2CCC(=O)c1ccc2nc(N3CCNCC3)sc2c1. The van der Waals surface area contributed by atoms with Gasteiger partial charge in [-0.3, -0.25) is 4.79 Å². The zero-order chi connectivity index (χ0) is 20.5. The third-order valence-corrected chi connectivity index (χ3v) is 7.36. The summed E-state index contributed by atoms with van der Waals surface area (Å²) >= 11 is 1.68. The minimum Gasteiger partial charge on any atom is -0.346 e. The maximum absolute atomic E-state index is 12.9. The number of benzene rings is 2. The number of fused-ring (bicyclic) bond motifs is 2. The predicted octanol–water partition coefficient (Wildman–Crippen LogP) is 4.27. The Bertz CT molecular complexity index is 1140. The fourth-order valence-electron chi connectivity index (χ4n) is 4.60. The lowest BCUT2D eigenvalue weighted by Crippen LogP contribution is -2.43. The topological polar surface area (TPSA) is 69.0 Å². The van der Waals surface area contributed by atoms with E-state index in [1.54, 1.807) is 11.3 Å². The number of piperazine rings is 1. The second-order valence-corrected chi connectivity index (χ2v) is 9.15. The van der Waals surface area contributed by atoms with Crippen LogP contribution in [0.2, 0.25) is 0 Å². The van der Waals surface area contributed by atoms with Crippen LogP contribution in [0, 0.1) is 11.3 Å². The maximum atomic E-state index is 12.9. The molecule has 1 aliphatic carbocycles. The number of nitriles is 1. The van der Waals surface area contributed by atoms with Gasteiger partial charge in [0.15, 0.2) is 10.9 Å². The minimum absolute atomic E-state index is 0.205. The number of hydrogen-bond donors (Lipinski definition) is 1. The van der Waals surface area contributed by atoms with E-state index in [2.05, 4.69) is 22.4 Å². The summed E-state index contributed by atoms with van der Waals surface area (Å²) in [6.45, 7) is 3.93. The monoisotopic (exact) mass is 416 g/mol. The second kappa shape index (κ2) is 8.17. The highest BCUT2D eigenvalue weighted by Gasteiger charge is 2.24. The van der Waals surface area contributed by atoms with Gasteiger partial charge in [0.1, 0.15) is 0 Å². The zero-order valence-electron chi connectivity index (χ0n) is 16.9. The lowest BCUT2D eigenvalue weighted by atomic mass is 9.93. The molecule has 1 aromatic heterocycles. The van der Waals surface area contributed by atoms with Gasteiger partial charge in [-0.05, 0) is 66.6 Å². The minimum atomic E-state index is 0.205. The van der Waals surface area contributed by atoms with E-state index in [-0.39, 0.29) is 5.78 Å². The van der Waals surface area contributed by atoms with Crippen LogP contribution >= 0.6 is 11.3 Å². The molecule has 152 valence electrons. The fourth-order valence-corrected chi connectivity index (χ4v) is 5.66. The van der Waals surface area contributed by atoms with Gasteiger partial charge in [-0.15, -0.1) is 0 Å². The van der Waals surface area contributed by atoms with E-state index in [1.165, 1.54) is 11.1 Å². The summed E-state index contributed by atoms with van der Waals surface area (Å²) < 4.78 is 1.09. The second-order valence-electron chi connectivity index (χ2n) is 8.14. The van der Waals surface area contributed by atoms with Gasteiger partial charge in [-0.25, -0.2) is 4.98 Å². The number of aromatic nitrogens is 1. The average Bonchev–Trinajstić information content (AvgIpc) is 3.41. The van der Waals surface area contributed by atoms with Crippen molar-refractivity contribution in [3.63, 3.8) is 0 Å². The van der Waals surface area contributed by atoms with Crippen molar-refractivity contribution >= 4 is 32.5 Å². The van der Waals surface area contributed by atoms with Crippen LogP contribution in [-0.4, -0.2) is 36.9 Å². The Balaban J connectivity index is 1.27. The number of thiazole rings is 1. The number of ketones is 1. The summed E-state index contributed by atoms with van der Waals surface area (Å²) in [5, 5.41) is 13.5. The lowest BCUT2D eigenvalue weighted by molar-refractivity contribution is 0.0977.